The minimum absolute atomic E-state index is 0.164. The molecule has 2 aromatic carbocycles. The summed E-state index contributed by atoms with van der Waals surface area (Å²) in [5, 5.41) is 7.75. The Kier molecular flexibility index (Phi) is 5.81. The van der Waals surface area contributed by atoms with E-state index < -0.39 is 6.03 Å². The highest BCUT2D eigenvalue weighted by Gasteiger charge is 2.06. The molecule has 3 amide bonds. The molecule has 6 heteroatoms. The Balaban J connectivity index is 1.80. The molecule has 2 rings (SSSR count). The number of terminal acetylenes is 1. The predicted octanol–water partition coefficient (Wildman–Crippen LogP) is 2.44. The summed E-state index contributed by atoms with van der Waals surface area (Å²) in [5.74, 6) is 2.82. The Morgan fingerprint density at radius 1 is 1.08 bits per heavy atom. The maximum atomic E-state index is 11.8. The minimum Gasteiger partial charge on any atom is -0.497 e. The van der Waals surface area contributed by atoms with Gasteiger partial charge in [-0.1, -0.05) is 12.0 Å². The van der Waals surface area contributed by atoms with Crippen LogP contribution in [0.15, 0.2) is 48.5 Å². The van der Waals surface area contributed by atoms with Crippen molar-refractivity contribution in [2.75, 3.05) is 24.3 Å². The standard InChI is InChI=1S/C18H17N3O3/c1-3-13-5-4-6-15(11-13)20-17(22)12-19-18(23)21-14-7-9-16(24-2)10-8-14/h1,4-11H,12H2,2H3,(H,20,22)(H2,19,21,23). The van der Waals surface area contributed by atoms with Gasteiger partial charge in [0.25, 0.3) is 0 Å². The number of nitrogens with one attached hydrogen (secondary N) is 3. The average Bonchev–Trinajstić information content (AvgIpc) is 2.61. The van der Waals surface area contributed by atoms with E-state index in [2.05, 4.69) is 21.9 Å². The summed E-state index contributed by atoms with van der Waals surface area (Å²) in [6.45, 7) is -0.164. The van der Waals surface area contributed by atoms with Gasteiger partial charge in [0.15, 0.2) is 0 Å². The lowest BCUT2D eigenvalue weighted by molar-refractivity contribution is -0.115. The zero-order valence-corrected chi connectivity index (χ0v) is 13.1. The number of rotatable bonds is 5. The molecule has 0 saturated carbocycles. The highest BCUT2D eigenvalue weighted by molar-refractivity contribution is 5.97. The zero-order valence-electron chi connectivity index (χ0n) is 13.1. The van der Waals surface area contributed by atoms with Crippen molar-refractivity contribution < 1.29 is 14.3 Å². The van der Waals surface area contributed by atoms with Crippen molar-refractivity contribution in [3.05, 3.63) is 54.1 Å². The van der Waals surface area contributed by atoms with E-state index in [1.165, 1.54) is 0 Å². The quantitative estimate of drug-likeness (QED) is 0.739. The van der Waals surface area contributed by atoms with Gasteiger partial charge in [0.2, 0.25) is 5.91 Å². The number of carbonyl (C=O) groups is 2. The number of amides is 3. The minimum atomic E-state index is -0.479. The van der Waals surface area contributed by atoms with Crippen molar-refractivity contribution >= 4 is 23.3 Å². The van der Waals surface area contributed by atoms with E-state index in [0.717, 1.165) is 0 Å². The molecule has 122 valence electrons. The molecule has 3 N–H and O–H groups in total. The molecule has 6 nitrogen and oxygen atoms in total. The molecule has 0 atom stereocenters. The number of carbonyl (C=O) groups excluding carboxylic acids is 2. The van der Waals surface area contributed by atoms with E-state index in [4.69, 9.17) is 11.2 Å². The molecule has 0 aliphatic carbocycles. The fraction of sp³-hybridized carbons (Fsp3) is 0.111. The molecule has 0 aliphatic rings. The van der Waals surface area contributed by atoms with E-state index in [0.29, 0.717) is 22.7 Å². The van der Waals surface area contributed by atoms with Crippen LogP contribution in [0.25, 0.3) is 0 Å². The molecule has 0 aliphatic heterocycles. The molecule has 2 aromatic rings. The number of ether oxygens (including phenoxy) is 1. The summed E-state index contributed by atoms with van der Waals surface area (Å²) < 4.78 is 5.03. The van der Waals surface area contributed by atoms with Crippen molar-refractivity contribution in [3.8, 4) is 18.1 Å². The fourth-order valence-electron chi connectivity index (χ4n) is 1.90. The third-order valence-corrected chi connectivity index (χ3v) is 3.07. The van der Waals surface area contributed by atoms with Gasteiger partial charge in [-0.15, -0.1) is 6.42 Å². The number of hydrogen-bond donors (Lipinski definition) is 3. The lowest BCUT2D eigenvalue weighted by Gasteiger charge is -2.09. The van der Waals surface area contributed by atoms with Crippen LogP contribution >= 0.6 is 0 Å². The van der Waals surface area contributed by atoms with E-state index in [1.54, 1.807) is 55.6 Å². The van der Waals surface area contributed by atoms with Gasteiger partial charge < -0.3 is 20.7 Å². The molecule has 0 saturated heterocycles. The number of anilines is 2. The molecule has 0 fully saturated rings. The van der Waals surface area contributed by atoms with Crippen LogP contribution in [0.1, 0.15) is 5.56 Å². The van der Waals surface area contributed by atoms with Crippen LogP contribution in [0.3, 0.4) is 0 Å². The van der Waals surface area contributed by atoms with Gasteiger partial charge in [0, 0.05) is 16.9 Å². The maximum absolute atomic E-state index is 11.8. The van der Waals surface area contributed by atoms with Gasteiger partial charge in [-0.3, -0.25) is 4.79 Å². The summed E-state index contributed by atoms with van der Waals surface area (Å²) >= 11 is 0. The number of methoxy groups -OCH3 is 1. The molecular weight excluding hydrogens is 306 g/mol. The van der Waals surface area contributed by atoms with E-state index >= 15 is 0 Å². The van der Waals surface area contributed by atoms with Crippen molar-refractivity contribution in [1.82, 2.24) is 5.32 Å². The Bertz CT molecular complexity index is 764. The topological polar surface area (TPSA) is 79.5 Å². The van der Waals surface area contributed by atoms with Gasteiger partial charge in [0.05, 0.1) is 13.7 Å². The third-order valence-electron chi connectivity index (χ3n) is 3.07. The molecule has 0 radical (unpaired) electrons. The van der Waals surface area contributed by atoms with Gasteiger partial charge in [-0.05, 0) is 42.5 Å². The van der Waals surface area contributed by atoms with E-state index in [-0.39, 0.29) is 12.5 Å². The highest BCUT2D eigenvalue weighted by Crippen LogP contribution is 2.14. The summed E-state index contributed by atoms with van der Waals surface area (Å²) in [6, 6.07) is 13.3. The first kappa shape index (κ1) is 16.9. The van der Waals surface area contributed by atoms with Gasteiger partial charge in [-0.25, -0.2) is 4.79 Å². The molecule has 0 heterocycles. The number of benzene rings is 2. The second-order valence-corrected chi connectivity index (χ2v) is 4.81. The average molecular weight is 323 g/mol. The Morgan fingerprint density at radius 3 is 2.50 bits per heavy atom. The third kappa shape index (κ3) is 5.07. The first-order chi connectivity index (χ1) is 11.6. The van der Waals surface area contributed by atoms with Gasteiger partial charge in [-0.2, -0.15) is 0 Å². The van der Waals surface area contributed by atoms with Crippen LogP contribution in [-0.4, -0.2) is 25.6 Å². The van der Waals surface area contributed by atoms with Crippen LogP contribution in [-0.2, 0) is 4.79 Å². The second kappa shape index (κ2) is 8.25. The van der Waals surface area contributed by atoms with Crippen molar-refractivity contribution in [3.63, 3.8) is 0 Å². The molecule has 0 aromatic heterocycles. The molecular formula is C18H17N3O3. The number of hydrogen-bond acceptors (Lipinski definition) is 3. The predicted molar refractivity (Wildman–Crippen MR) is 93.0 cm³/mol. The number of urea groups is 1. The van der Waals surface area contributed by atoms with Crippen LogP contribution < -0.4 is 20.7 Å². The lowest BCUT2D eigenvalue weighted by atomic mass is 10.2. The first-order valence-corrected chi connectivity index (χ1v) is 7.16. The van der Waals surface area contributed by atoms with E-state index in [9.17, 15) is 9.59 Å². The zero-order chi connectivity index (χ0) is 17.4. The van der Waals surface area contributed by atoms with E-state index in [1.807, 2.05) is 0 Å². The normalized spacial score (nSPS) is 9.50. The smallest absolute Gasteiger partial charge is 0.319 e. The van der Waals surface area contributed by atoms with Crippen LogP contribution in [0.2, 0.25) is 0 Å². The van der Waals surface area contributed by atoms with Crippen molar-refractivity contribution in [2.45, 2.75) is 0 Å². The van der Waals surface area contributed by atoms with Crippen molar-refractivity contribution in [1.29, 1.82) is 0 Å². The Labute approximate surface area is 140 Å². The summed E-state index contributed by atoms with van der Waals surface area (Å²) in [5.41, 5.74) is 1.83. The largest absolute Gasteiger partial charge is 0.497 e. The maximum Gasteiger partial charge on any atom is 0.319 e. The summed E-state index contributed by atoms with van der Waals surface area (Å²) in [7, 11) is 1.56. The van der Waals surface area contributed by atoms with Gasteiger partial charge >= 0.3 is 6.03 Å². The summed E-state index contributed by atoms with van der Waals surface area (Å²) in [6.07, 6.45) is 5.30. The van der Waals surface area contributed by atoms with Crippen LogP contribution in [0, 0.1) is 12.3 Å². The first-order valence-electron chi connectivity index (χ1n) is 7.16. The van der Waals surface area contributed by atoms with Crippen molar-refractivity contribution in [2.24, 2.45) is 0 Å². The SMILES string of the molecule is C#Cc1cccc(NC(=O)CNC(=O)Nc2ccc(OC)cc2)c1. The second-order valence-electron chi connectivity index (χ2n) is 4.81. The van der Waals surface area contributed by atoms with Crippen LogP contribution in [0.5, 0.6) is 5.75 Å². The van der Waals surface area contributed by atoms with Gasteiger partial charge in [0.1, 0.15) is 5.75 Å². The highest BCUT2D eigenvalue weighted by atomic mass is 16.5. The monoisotopic (exact) mass is 323 g/mol. The Morgan fingerprint density at radius 2 is 1.83 bits per heavy atom. The Hall–Kier alpha value is -3.46. The molecule has 24 heavy (non-hydrogen) atoms. The van der Waals surface area contributed by atoms with Crippen LogP contribution in [0.4, 0.5) is 16.2 Å². The summed E-state index contributed by atoms with van der Waals surface area (Å²) in [4.78, 5) is 23.6. The lowest BCUT2D eigenvalue weighted by Crippen LogP contribution is -2.35. The molecule has 0 unspecified atom stereocenters. The molecule has 0 bridgehead atoms. The molecule has 0 spiro atoms. The fourth-order valence-corrected chi connectivity index (χ4v) is 1.90.